The Kier molecular flexibility index (Phi) is 80.4. The molecule has 2 saturated heterocycles. The van der Waals surface area contributed by atoms with Gasteiger partial charge in [0.15, 0.2) is 0 Å². The number of nitrogens with two attached hydrogens (primary N) is 2. The van der Waals surface area contributed by atoms with Crippen LogP contribution in [0.3, 0.4) is 0 Å². The van der Waals surface area contributed by atoms with Gasteiger partial charge in [0.1, 0.15) is 62.6 Å². The van der Waals surface area contributed by atoms with E-state index >= 15 is 0 Å². The summed E-state index contributed by atoms with van der Waals surface area (Å²) in [6, 6.07) is 32.2. The number of hydrogen-bond acceptors (Lipinski definition) is 36. The zero-order valence-corrected chi connectivity index (χ0v) is 93.7. The Morgan fingerprint density at radius 2 is 0.603 bits per heavy atom. The number of carbonyl (C=O) groups is 8. The SMILES string of the molecule is CCCCOC(=O)CCN(CCCCCO)CCC(=O)OCCCCOC(=O)CCNCCCN1CCN(C)CC1.CCOC(=O)CCN(CCCCCO)CCC(=O)OCCOc1ccc(C(C)(C)c2ccc(OCCOC(=O)CCCCCSSCCN)cc2)cc1.CCOC(=O)CCNCCCN1CCN(C)CC1.CCOc1ccc(C(C)(C)c2ccc(OCCOC(=O)CCCCCSSCCN)cc2)cc1. The van der Waals surface area contributed by atoms with E-state index in [1.807, 2.05) is 126 Å². The van der Waals surface area contributed by atoms with Gasteiger partial charge in [0.25, 0.3) is 0 Å². The van der Waals surface area contributed by atoms with Gasteiger partial charge in [-0.15, -0.1) is 0 Å². The number of nitrogens with zero attached hydrogens (tertiary/aromatic N) is 6. The van der Waals surface area contributed by atoms with E-state index < -0.39 is 0 Å². The van der Waals surface area contributed by atoms with Crippen molar-refractivity contribution in [2.45, 2.75) is 233 Å². The topological polar surface area (TPSA) is 383 Å². The van der Waals surface area contributed by atoms with E-state index in [2.05, 4.69) is 106 Å². The number of piperazine rings is 2. The van der Waals surface area contributed by atoms with Gasteiger partial charge in [-0.05, 0) is 241 Å². The van der Waals surface area contributed by atoms with E-state index in [4.69, 9.17) is 78.5 Å². The van der Waals surface area contributed by atoms with Crippen LogP contribution in [0.25, 0.3) is 0 Å². The third-order valence-electron chi connectivity index (χ3n) is 24.3. The van der Waals surface area contributed by atoms with Gasteiger partial charge in [0, 0.05) is 165 Å². The van der Waals surface area contributed by atoms with E-state index in [0.29, 0.717) is 143 Å². The summed E-state index contributed by atoms with van der Waals surface area (Å²) in [5, 5.41) is 24.6. The summed E-state index contributed by atoms with van der Waals surface area (Å²) >= 11 is 0. The highest BCUT2D eigenvalue weighted by Gasteiger charge is 2.27. The molecule has 0 unspecified atom stereocenters. The van der Waals surface area contributed by atoms with Crippen molar-refractivity contribution >= 4 is 90.9 Å². The Labute approximate surface area is 891 Å². The molecule has 2 aliphatic rings. The molecule has 0 radical (unpaired) electrons. The normalized spacial score (nSPS) is 13.0. The smallest absolute Gasteiger partial charge is 0.307 e. The molecule has 2 fully saturated rings. The predicted molar refractivity (Wildman–Crippen MR) is 591 cm³/mol. The number of aliphatic hydroxyl groups excluding tert-OH is 2. The highest BCUT2D eigenvalue weighted by atomic mass is 33.1. The second-order valence-electron chi connectivity index (χ2n) is 37.1. The van der Waals surface area contributed by atoms with Gasteiger partial charge in [-0.25, -0.2) is 0 Å². The van der Waals surface area contributed by atoms with Crippen LogP contribution >= 0.6 is 43.2 Å². The van der Waals surface area contributed by atoms with Crippen LogP contribution in [0.5, 0.6) is 23.0 Å². The number of unbranched alkanes of at least 4 members (excludes halogenated alkanes) is 10. The molecule has 36 heteroatoms. The Bertz CT molecular complexity index is 3940. The van der Waals surface area contributed by atoms with Crippen LogP contribution < -0.4 is 41.0 Å². The first-order chi connectivity index (χ1) is 70.8. The van der Waals surface area contributed by atoms with Crippen LogP contribution in [-0.4, -0.2) is 361 Å². The van der Waals surface area contributed by atoms with Crippen LogP contribution in [0.1, 0.15) is 245 Å². The molecular formula is C110H186N10O22S4. The summed E-state index contributed by atoms with van der Waals surface area (Å²) in [5.74, 6) is 5.50. The standard InChI is InChI=1S/C40H62N2O9S2.C30H58N4O7.C27H39NO4S2.C13H27N3O2/c1-4-47-38(45)20-24-42(23-8-6-9-26-43)25-21-39(46)51-30-28-49-36-18-14-34(15-19-36)40(2,3)33-12-16-35(17-13-33)48-27-29-50-37(44)11-7-5-10-31-52-53-32-22-41;1-3-4-25-39-29(37)12-18-33(16-6-5-7-24-35)19-13-30(38)41-27-9-8-26-40-28(36)11-15-31-14-10-17-34-22-20-32(2)21-23-34;1-4-30-24-13-9-22(10-14-24)27(2,3)23-11-15-25(16-12-23)31-18-19-32-26(29)8-6-5-7-20-33-34-21-17-28;1-3-18-13(17)5-7-14-6-4-8-16-11-9-15(2)10-12-16/h12-19,43H,4-11,20-32,41H2,1-3H3;31,35H,3-27H2,1-2H3;9-16H,4-8,17-21,28H2,1-3H3;14H,3-12H2,1-2H3. The molecule has 0 aliphatic carbocycles. The lowest BCUT2D eigenvalue weighted by molar-refractivity contribution is -0.146. The van der Waals surface area contributed by atoms with Crippen molar-refractivity contribution in [3.63, 3.8) is 0 Å². The lowest BCUT2D eigenvalue weighted by atomic mass is 9.78. The molecule has 832 valence electrons. The average Bonchev–Trinajstić information content (AvgIpc) is 0.805. The molecule has 0 aromatic heterocycles. The van der Waals surface area contributed by atoms with E-state index in [0.717, 1.165) is 233 Å². The van der Waals surface area contributed by atoms with E-state index in [1.165, 1.54) is 37.3 Å². The van der Waals surface area contributed by atoms with Crippen molar-refractivity contribution < 1.29 is 105 Å². The Morgan fingerprint density at radius 3 is 0.925 bits per heavy atom. The number of likely N-dealkylation sites (N-methyl/N-ethyl adjacent to an activating group) is 2. The zero-order chi connectivity index (χ0) is 106. The largest absolute Gasteiger partial charge is 0.494 e. The summed E-state index contributed by atoms with van der Waals surface area (Å²) in [6.07, 6.45) is 19.1. The van der Waals surface area contributed by atoms with Gasteiger partial charge < -0.3 is 119 Å². The van der Waals surface area contributed by atoms with Crippen molar-refractivity contribution in [1.82, 2.24) is 40.0 Å². The molecule has 4 aromatic rings. The second-order valence-corrected chi connectivity index (χ2v) is 42.5. The monoisotopic (exact) mass is 2130 g/mol. The van der Waals surface area contributed by atoms with Crippen LogP contribution in [0.2, 0.25) is 0 Å². The highest BCUT2D eigenvalue weighted by Crippen LogP contribution is 2.36. The quantitative estimate of drug-likeness (QED) is 0.0103. The van der Waals surface area contributed by atoms with Gasteiger partial charge in [-0.3, -0.25) is 38.4 Å². The lowest BCUT2D eigenvalue weighted by Crippen LogP contribution is -2.45. The van der Waals surface area contributed by atoms with Crippen molar-refractivity contribution in [3.8, 4) is 23.0 Å². The molecule has 146 heavy (non-hydrogen) atoms. The van der Waals surface area contributed by atoms with Gasteiger partial charge >= 0.3 is 47.8 Å². The fraction of sp³-hybridized carbons (Fsp3) is 0.709. The third-order valence-corrected chi connectivity index (χ3v) is 29.4. The Morgan fingerprint density at radius 1 is 0.308 bits per heavy atom. The number of esters is 8. The van der Waals surface area contributed by atoms with Crippen molar-refractivity contribution in [2.75, 3.05) is 274 Å². The fourth-order valence-electron chi connectivity index (χ4n) is 15.2. The molecule has 0 amide bonds. The summed E-state index contributed by atoms with van der Waals surface area (Å²) in [6.45, 7) is 40.5. The number of carbonyl (C=O) groups excluding carboxylic acids is 8. The average molecular weight is 2130 g/mol. The van der Waals surface area contributed by atoms with Crippen molar-refractivity contribution in [3.05, 3.63) is 119 Å². The third kappa shape index (κ3) is 69.3. The molecule has 0 saturated carbocycles. The molecule has 2 aliphatic heterocycles. The Balaban J connectivity index is 0.000000527. The van der Waals surface area contributed by atoms with Crippen LogP contribution in [0, 0.1) is 0 Å². The zero-order valence-electron chi connectivity index (χ0n) is 90.4. The van der Waals surface area contributed by atoms with Crippen molar-refractivity contribution in [1.29, 1.82) is 0 Å². The summed E-state index contributed by atoms with van der Waals surface area (Å²) in [5.41, 5.74) is 15.2. The molecule has 0 atom stereocenters. The molecular weight excluding hydrogens is 1940 g/mol. The minimum atomic E-state index is -0.317. The Hall–Kier alpha value is -7.24. The van der Waals surface area contributed by atoms with Gasteiger partial charge in [-0.1, -0.05) is 146 Å². The van der Waals surface area contributed by atoms with Crippen molar-refractivity contribution in [2.24, 2.45) is 11.5 Å². The molecule has 4 aromatic carbocycles. The van der Waals surface area contributed by atoms with Gasteiger partial charge in [0.2, 0.25) is 0 Å². The molecule has 2 heterocycles. The number of ether oxygens (including phenoxy) is 12. The summed E-state index contributed by atoms with van der Waals surface area (Å²) in [4.78, 5) is 109. The maximum Gasteiger partial charge on any atom is 0.307 e. The van der Waals surface area contributed by atoms with E-state index in [-0.39, 0.29) is 117 Å². The maximum absolute atomic E-state index is 12.4. The summed E-state index contributed by atoms with van der Waals surface area (Å²) < 4.78 is 64.7. The molecule has 0 spiro atoms. The fourth-order valence-corrected chi connectivity index (χ4v) is 19.2. The number of aliphatic hydroxyl groups is 2. The molecule has 32 nitrogen and oxygen atoms in total. The first-order valence-corrected chi connectivity index (χ1v) is 58.8. The van der Waals surface area contributed by atoms with E-state index in [1.54, 1.807) is 17.7 Å². The van der Waals surface area contributed by atoms with E-state index in [9.17, 15) is 38.4 Å². The molecule has 0 bridgehead atoms. The summed E-state index contributed by atoms with van der Waals surface area (Å²) in [7, 11) is 11.6. The molecule has 8 N–H and O–H groups in total. The van der Waals surface area contributed by atoms with Crippen LogP contribution in [0.4, 0.5) is 0 Å². The first-order valence-electron chi connectivity index (χ1n) is 53.8. The highest BCUT2D eigenvalue weighted by molar-refractivity contribution is 8.77. The molecule has 6 rings (SSSR count). The van der Waals surface area contributed by atoms with Crippen LogP contribution in [0.15, 0.2) is 97.1 Å². The second kappa shape index (κ2) is 88.4. The lowest BCUT2D eigenvalue weighted by Gasteiger charge is -2.32. The number of hydrogen-bond donors (Lipinski definition) is 6. The van der Waals surface area contributed by atoms with Gasteiger partial charge in [-0.2, -0.15) is 0 Å². The number of rotatable bonds is 82. The maximum atomic E-state index is 12.4. The minimum absolute atomic E-state index is 0.107. The minimum Gasteiger partial charge on any atom is -0.494 e. The number of nitrogens with one attached hydrogen (secondary N) is 2. The predicted octanol–water partition coefficient (Wildman–Crippen LogP) is 15.0. The van der Waals surface area contributed by atoms with Gasteiger partial charge in [0.05, 0.1) is 78.2 Å². The number of benzene rings is 4. The van der Waals surface area contributed by atoms with Crippen LogP contribution in [-0.2, 0) is 87.1 Å². The first kappa shape index (κ1) is 133.